The second-order valence-electron chi connectivity index (χ2n) is 10.8. The van der Waals surface area contributed by atoms with Crippen molar-refractivity contribution >= 4 is 23.9 Å². The molecule has 3 amide bonds. The first kappa shape index (κ1) is 33.5. The van der Waals surface area contributed by atoms with Crippen LogP contribution in [0.25, 0.3) is 0 Å². The van der Waals surface area contributed by atoms with Gasteiger partial charge >= 0.3 is 12.1 Å². The van der Waals surface area contributed by atoms with Gasteiger partial charge in [0.2, 0.25) is 11.8 Å². The van der Waals surface area contributed by atoms with Crippen molar-refractivity contribution in [3.05, 3.63) is 35.4 Å². The van der Waals surface area contributed by atoms with Gasteiger partial charge in [-0.15, -0.1) is 6.42 Å². The lowest BCUT2D eigenvalue weighted by Gasteiger charge is -2.38. The molecule has 39 heavy (non-hydrogen) atoms. The number of rotatable bonds is 13. The quantitative estimate of drug-likeness (QED) is 0.283. The number of alkyl carbamates (subject to hydrolysis) is 1. The number of hydrogen-bond acceptors (Lipinski definition) is 6. The third kappa shape index (κ3) is 11.4. The van der Waals surface area contributed by atoms with Crippen LogP contribution in [0.3, 0.4) is 0 Å². The number of amides is 3. The summed E-state index contributed by atoms with van der Waals surface area (Å²) in [5, 5.41) is 5.51. The second kappa shape index (κ2) is 15.8. The lowest BCUT2D eigenvalue weighted by Crippen LogP contribution is -2.55. The van der Waals surface area contributed by atoms with Crippen molar-refractivity contribution in [3.63, 3.8) is 0 Å². The molecule has 0 aliphatic rings. The number of ether oxygens (including phenoxy) is 2. The Kier molecular flexibility index (Phi) is 13.5. The Morgan fingerprint density at radius 1 is 1.05 bits per heavy atom. The highest BCUT2D eigenvalue weighted by Gasteiger charge is 2.38. The van der Waals surface area contributed by atoms with Gasteiger partial charge in [0.1, 0.15) is 17.7 Å². The molecule has 0 bridgehead atoms. The van der Waals surface area contributed by atoms with E-state index >= 15 is 0 Å². The third-order valence-electron chi connectivity index (χ3n) is 5.87. The Balaban J connectivity index is 3.48. The van der Waals surface area contributed by atoms with E-state index in [-0.39, 0.29) is 31.5 Å². The van der Waals surface area contributed by atoms with Crippen molar-refractivity contribution in [2.75, 3.05) is 13.2 Å². The molecule has 0 aliphatic carbocycles. The van der Waals surface area contributed by atoms with Crippen LogP contribution < -0.4 is 10.6 Å². The number of esters is 1. The smallest absolute Gasteiger partial charge is 0.408 e. The molecule has 0 saturated carbocycles. The molecule has 0 aliphatic heterocycles. The molecule has 0 saturated heterocycles. The zero-order chi connectivity index (χ0) is 29.8. The van der Waals surface area contributed by atoms with E-state index in [2.05, 4.69) is 16.6 Å². The maximum Gasteiger partial charge on any atom is 0.408 e. The van der Waals surface area contributed by atoms with Gasteiger partial charge in [0.25, 0.3) is 0 Å². The van der Waals surface area contributed by atoms with Gasteiger partial charge in [0, 0.05) is 18.2 Å². The molecule has 216 valence electrons. The normalized spacial score (nSPS) is 13.4. The van der Waals surface area contributed by atoms with Gasteiger partial charge in [-0.2, -0.15) is 0 Å². The third-order valence-corrected chi connectivity index (χ3v) is 5.87. The maximum absolute atomic E-state index is 14.2. The Morgan fingerprint density at radius 3 is 2.15 bits per heavy atom. The SMILES string of the molecule is C#Cc1ccc(C(C(=O)NCCC(=O)OCC)N(C(=O)C(CC(C)C)NC(=O)OC(C)(C)C)C(C)CC)cc1. The summed E-state index contributed by atoms with van der Waals surface area (Å²) < 4.78 is 10.4. The topological polar surface area (TPSA) is 114 Å². The van der Waals surface area contributed by atoms with Crippen LogP contribution in [0.1, 0.15) is 91.8 Å². The largest absolute Gasteiger partial charge is 0.466 e. The van der Waals surface area contributed by atoms with E-state index in [9.17, 15) is 19.2 Å². The number of nitrogens with one attached hydrogen (secondary N) is 2. The average Bonchev–Trinajstić information content (AvgIpc) is 2.84. The van der Waals surface area contributed by atoms with Crippen LogP contribution in [0.15, 0.2) is 24.3 Å². The van der Waals surface area contributed by atoms with Crippen LogP contribution >= 0.6 is 0 Å². The first-order chi connectivity index (χ1) is 18.2. The van der Waals surface area contributed by atoms with Gasteiger partial charge in [-0.3, -0.25) is 14.4 Å². The standard InChI is InChI=1S/C30H45N3O6/c1-10-21(6)33(28(36)24(19-20(4)5)32-29(37)39-30(7,8)9)26(23-15-13-22(11-2)14-16-23)27(35)31-18-17-25(34)38-12-3/h2,13-16,20-21,24,26H,10,12,17-19H2,1,3-9H3,(H,31,35)(H,32,37). The molecule has 1 aromatic carbocycles. The fourth-order valence-electron chi connectivity index (χ4n) is 3.94. The Bertz CT molecular complexity index is 1010. The summed E-state index contributed by atoms with van der Waals surface area (Å²) in [6.07, 6.45) is 5.71. The molecule has 0 heterocycles. The lowest BCUT2D eigenvalue weighted by atomic mass is 9.96. The highest BCUT2D eigenvalue weighted by Crippen LogP contribution is 2.27. The van der Waals surface area contributed by atoms with Crippen LogP contribution in [0, 0.1) is 18.3 Å². The van der Waals surface area contributed by atoms with E-state index in [0.717, 1.165) is 0 Å². The zero-order valence-corrected chi connectivity index (χ0v) is 24.6. The first-order valence-corrected chi connectivity index (χ1v) is 13.6. The fraction of sp³-hybridized carbons (Fsp3) is 0.600. The fourth-order valence-corrected chi connectivity index (χ4v) is 3.94. The summed E-state index contributed by atoms with van der Waals surface area (Å²) in [6.45, 7) is 14.9. The average molecular weight is 544 g/mol. The van der Waals surface area contributed by atoms with E-state index in [1.165, 1.54) is 4.90 Å². The molecule has 1 aromatic rings. The summed E-state index contributed by atoms with van der Waals surface area (Å²) in [5.41, 5.74) is 0.439. The highest BCUT2D eigenvalue weighted by atomic mass is 16.6. The van der Waals surface area contributed by atoms with E-state index < -0.39 is 41.6 Å². The molecule has 0 aromatic heterocycles. The maximum atomic E-state index is 14.2. The molecule has 9 heteroatoms. The van der Waals surface area contributed by atoms with Gasteiger partial charge in [0.15, 0.2) is 0 Å². The van der Waals surface area contributed by atoms with Crippen LogP contribution in [-0.4, -0.2) is 59.6 Å². The molecule has 0 fully saturated rings. The van der Waals surface area contributed by atoms with Crippen LogP contribution in [0.2, 0.25) is 0 Å². The molecule has 3 unspecified atom stereocenters. The van der Waals surface area contributed by atoms with Crippen LogP contribution in [-0.2, 0) is 23.9 Å². The molecule has 9 nitrogen and oxygen atoms in total. The molecular weight excluding hydrogens is 498 g/mol. The van der Waals surface area contributed by atoms with Gasteiger partial charge in [-0.05, 0) is 71.1 Å². The molecule has 0 radical (unpaired) electrons. The number of carbonyl (C=O) groups is 4. The van der Waals surface area contributed by atoms with Crippen molar-refractivity contribution < 1.29 is 28.7 Å². The summed E-state index contributed by atoms with van der Waals surface area (Å²) in [7, 11) is 0. The minimum absolute atomic E-state index is 0.00418. The van der Waals surface area contributed by atoms with Crippen molar-refractivity contribution in [1.82, 2.24) is 15.5 Å². The Morgan fingerprint density at radius 2 is 1.67 bits per heavy atom. The zero-order valence-electron chi connectivity index (χ0n) is 24.6. The van der Waals surface area contributed by atoms with Gasteiger partial charge in [-0.1, -0.05) is 38.8 Å². The van der Waals surface area contributed by atoms with Crippen molar-refractivity contribution in [2.24, 2.45) is 5.92 Å². The van der Waals surface area contributed by atoms with Crippen molar-refractivity contribution in [1.29, 1.82) is 0 Å². The minimum atomic E-state index is -1.03. The number of terminal acetylenes is 1. The van der Waals surface area contributed by atoms with Crippen molar-refractivity contribution in [2.45, 2.75) is 98.4 Å². The summed E-state index contributed by atoms with van der Waals surface area (Å²) >= 11 is 0. The van der Waals surface area contributed by atoms with Gasteiger partial charge in [-0.25, -0.2) is 4.79 Å². The van der Waals surface area contributed by atoms with Crippen LogP contribution in [0.4, 0.5) is 4.79 Å². The lowest BCUT2D eigenvalue weighted by molar-refractivity contribution is -0.146. The molecule has 1 rings (SSSR count). The predicted molar refractivity (Wildman–Crippen MR) is 151 cm³/mol. The van der Waals surface area contributed by atoms with E-state index in [1.54, 1.807) is 52.0 Å². The minimum Gasteiger partial charge on any atom is -0.466 e. The van der Waals surface area contributed by atoms with E-state index in [0.29, 0.717) is 24.0 Å². The number of hydrogen-bond donors (Lipinski definition) is 2. The summed E-state index contributed by atoms with van der Waals surface area (Å²) in [6, 6.07) is 4.53. The van der Waals surface area contributed by atoms with Gasteiger partial charge < -0.3 is 25.0 Å². The number of carbonyl (C=O) groups excluding carboxylic acids is 4. The number of nitrogens with zero attached hydrogens (tertiary/aromatic N) is 1. The highest BCUT2D eigenvalue weighted by molar-refractivity contribution is 5.92. The summed E-state index contributed by atoms with van der Waals surface area (Å²) in [4.78, 5) is 53.8. The van der Waals surface area contributed by atoms with Crippen LogP contribution in [0.5, 0.6) is 0 Å². The molecular formula is C30H45N3O6. The number of benzene rings is 1. The van der Waals surface area contributed by atoms with E-state index in [1.807, 2.05) is 27.7 Å². The van der Waals surface area contributed by atoms with E-state index in [4.69, 9.17) is 15.9 Å². The first-order valence-electron chi connectivity index (χ1n) is 13.6. The molecule has 2 N–H and O–H groups in total. The molecule has 0 spiro atoms. The van der Waals surface area contributed by atoms with Crippen molar-refractivity contribution in [3.8, 4) is 12.3 Å². The monoisotopic (exact) mass is 543 g/mol. The second-order valence-corrected chi connectivity index (χ2v) is 10.8. The predicted octanol–water partition coefficient (Wildman–Crippen LogP) is 4.34. The molecule has 3 atom stereocenters. The van der Waals surface area contributed by atoms with Gasteiger partial charge in [0.05, 0.1) is 13.0 Å². The Labute approximate surface area is 233 Å². The Hall–Kier alpha value is -3.54. The summed E-state index contributed by atoms with van der Waals surface area (Å²) in [5.74, 6) is 1.33.